The Kier molecular flexibility index (Phi) is 1.84. The summed E-state index contributed by atoms with van der Waals surface area (Å²) in [5, 5.41) is 1.41. The van der Waals surface area contributed by atoms with Crippen LogP contribution < -0.4 is 4.48 Å². The van der Waals surface area contributed by atoms with E-state index >= 15 is 0 Å². The number of nitrogens with zero attached hydrogens (tertiary/aromatic N) is 1. The van der Waals surface area contributed by atoms with E-state index in [4.69, 9.17) is 0 Å². The molecule has 0 bridgehead atoms. The second kappa shape index (κ2) is 2.36. The summed E-state index contributed by atoms with van der Waals surface area (Å²) in [5.74, 6) is 0. The average molecular weight is 156 g/mol. The third-order valence-electron chi connectivity index (χ3n) is 1.39. The highest BCUT2D eigenvalue weighted by atomic mass is 32.1. The highest BCUT2D eigenvalue weighted by Crippen LogP contribution is 2.26. The molecule has 0 saturated heterocycles. The summed E-state index contributed by atoms with van der Waals surface area (Å²) in [7, 11) is 6.56. The monoisotopic (exact) mass is 156 g/mol. The zero-order valence-corrected chi connectivity index (χ0v) is 7.83. The molecule has 1 aromatic rings. The van der Waals surface area contributed by atoms with Gasteiger partial charge in [-0.05, 0) is 13.0 Å². The van der Waals surface area contributed by atoms with Crippen molar-refractivity contribution < 1.29 is 0 Å². The van der Waals surface area contributed by atoms with Gasteiger partial charge in [0.25, 0.3) is 0 Å². The Morgan fingerprint density at radius 1 is 1.20 bits per heavy atom. The van der Waals surface area contributed by atoms with Gasteiger partial charge in [0.15, 0.2) is 5.00 Å². The van der Waals surface area contributed by atoms with E-state index in [1.165, 1.54) is 9.88 Å². The van der Waals surface area contributed by atoms with Crippen molar-refractivity contribution in [3.63, 3.8) is 0 Å². The maximum atomic E-state index is 2.19. The van der Waals surface area contributed by atoms with Crippen LogP contribution in [-0.4, -0.2) is 21.1 Å². The molecular formula is C8H14NS+. The van der Waals surface area contributed by atoms with Crippen LogP contribution in [0.15, 0.2) is 12.1 Å². The standard InChI is InChI=1S/C8H14NS/c1-7-5-6-8(10-7)9(2,3)4/h5-6H,1-4H3/q+1. The van der Waals surface area contributed by atoms with E-state index in [0.717, 1.165) is 4.48 Å². The van der Waals surface area contributed by atoms with Crippen LogP contribution in [0.2, 0.25) is 0 Å². The summed E-state index contributed by atoms with van der Waals surface area (Å²) < 4.78 is 0.929. The van der Waals surface area contributed by atoms with Gasteiger partial charge in [-0.15, -0.1) is 0 Å². The largest absolute Gasteiger partial charge is 0.290 e. The minimum Gasteiger partial charge on any atom is -0.290 e. The average Bonchev–Trinajstić information content (AvgIpc) is 2.11. The summed E-state index contributed by atoms with van der Waals surface area (Å²) in [6.07, 6.45) is 0. The summed E-state index contributed by atoms with van der Waals surface area (Å²) in [5.41, 5.74) is 0. The Balaban J connectivity index is 2.96. The fourth-order valence-electron chi connectivity index (χ4n) is 0.782. The molecule has 10 heavy (non-hydrogen) atoms. The number of rotatable bonds is 1. The van der Waals surface area contributed by atoms with Crippen molar-refractivity contribution in [3.05, 3.63) is 17.0 Å². The first kappa shape index (κ1) is 7.76. The van der Waals surface area contributed by atoms with Crippen LogP contribution >= 0.6 is 11.3 Å². The van der Waals surface area contributed by atoms with Gasteiger partial charge >= 0.3 is 0 Å². The zero-order valence-electron chi connectivity index (χ0n) is 7.01. The van der Waals surface area contributed by atoms with Crippen molar-refractivity contribution in [2.24, 2.45) is 0 Å². The molecule has 0 amide bonds. The third-order valence-corrected chi connectivity index (χ3v) is 2.74. The number of thiophene rings is 1. The first-order chi connectivity index (χ1) is 4.50. The van der Waals surface area contributed by atoms with Gasteiger partial charge in [-0.1, -0.05) is 11.3 Å². The van der Waals surface area contributed by atoms with E-state index in [-0.39, 0.29) is 0 Å². The lowest BCUT2D eigenvalue weighted by Gasteiger charge is -2.20. The van der Waals surface area contributed by atoms with E-state index in [1.807, 2.05) is 11.3 Å². The van der Waals surface area contributed by atoms with Crippen LogP contribution in [0.25, 0.3) is 0 Å². The van der Waals surface area contributed by atoms with E-state index in [1.54, 1.807) is 0 Å². The van der Waals surface area contributed by atoms with Crippen molar-refractivity contribution in [1.29, 1.82) is 0 Å². The molecule has 0 unspecified atom stereocenters. The van der Waals surface area contributed by atoms with Gasteiger partial charge in [-0.2, -0.15) is 0 Å². The minimum atomic E-state index is 0.929. The van der Waals surface area contributed by atoms with Gasteiger partial charge in [0.05, 0.1) is 21.1 Å². The highest BCUT2D eigenvalue weighted by Gasteiger charge is 2.12. The topological polar surface area (TPSA) is 0 Å². The third kappa shape index (κ3) is 1.58. The maximum absolute atomic E-state index is 2.19. The normalized spacial score (nSPS) is 12.0. The Morgan fingerprint density at radius 3 is 2.00 bits per heavy atom. The molecular weight excluding hydrogens is 142 g/mol. The molecule has 0 aliphatic carbocycles. The van der Waals surface area contributed by atoms with Crippen molar-refractivity contribution in [3.8, 4) is 0 Å². The first-order valence-electron chi connectivity index (χ1n) is 3.38. The summed E-state index contributed by atoms with van der Waals surface area (Å²) in [6, 6.07) is 4.36. The molecule has 2 heteroatoms. The lowest BCUT2D eigenvalue weighted by atomic mass is 10.5. The lowest BCUT2D eigenvalue weighted by molar-refractivity contribution is 0.495. The number of hydrogen-bond acceptors (Lipinski definition) is 1. The molecule has 0 aliphatic rings. The van der Waals surface area contributed by atoms with Crippen LogP contribution in [0.1, 0.15) is 4.88 Å². The van der Waals surface area contributed by atoms with Crippen LogP contribution in [0.4, 0.5) is 5.00 Å². The minimum absolute atomic E-state index is 0.929. The van der Waals surface area contributed by atoms with Crippen LogP contribution in [-0.2, 0) is 0 Å². The SMILES string of the molecule is Cc1ccc([N+](C)(C)C)s1. The van der Waals surface area contributed by atoms with E-state index in [9.17, 15) is 0 Å². The van der Waals surface area contributed by atoms with Gasteiger partial charge in [-0.25, -0.2) is 0 Å². The predicted molar refractivity (Wildman–Crippen MR) is 48.6 cm³/mol. The Hall–Kier alpha value is -0.340. The lowest BCUT2D eigenvalue weighted by Crippen LogP contribution is -2.33. The Bertz CT molecular complexity index is 219. The second-order valence-electron chi connectivity index (χ2n) is 3.40. The molecule has 1 aromatic heterocycles. The molecule has 0 fully saturated rings. The molecule has 1 heterocycles. The van der Waals surface area contributed by atoms with Crippen LogP contribution in [0.3, 0.4) is 0 Å². The number of aryl methyl sites for hydroxylation is 1. The second-order valence-corrected chi connectivity index (χ2v) is 4.66. The maximum Gasteiger partial charge on any atom is 0.187 e. The molecule has 0 aromatic carbocycles. The number of hydrogen-bond donors (Lipinski definition) is 0. The molecule has 0 N–H and O–H groups in total. The quantitative estimate of drug-likeness (QED) is 0.547. The van der Waals surface area contributed by atoms with Crippen LogP contribution in [0, 0.1) is 6.92 Å². The zero-order chi connectivity index (χ0) is 7.78. The Morgan fingerprint density at radius 2 is 1.80 bits per heavy atom. The molecule has 1 rings (SSSR count). The Labute approximate surface area is 66.5 Å². The van der Waals surface area contributed by atoms with Gasteiger partial charge in [0.1, 0.15) is 0 Å². The van der Waals surface area contributed by atoms with Gasteiger partial charge in [0.2, 0.25) is 0 Å². The first-order valence-corrected chi connectivity index (χ1v) is 4.20. The molecule has 1 nitrogen and oxygen atoms in total. The van der Waals surface area contributed by atoms with E-state index in [0.29, 0.717) is 0 Å². The molecule has 0 aliphatic heterocycles. The van der Waals surface area contributed by atoms with Gasteiger partial charge in [0, 0.05) is 10.9 Å². The van der Waals surface area contributed by atoms with Crippen LogP contribution in [0.5, 0.6) is 0 Å². The van der Waals surface area contributed by atoms with Crippen molar-refractivity contribution >= 4 is 16.3 Å². The highest BCUT2D eigenvalue weighted by molar-refractivity contribution is 7.15. The molecule has 0 spiro atoms. The summed E-state index contributed by atoms with van der Waals surface area (Å²) >= 11 is 1.87. The van der Waals surface area contributed by atoms with E-state index in [2.05, 4.69) is 40.2 Å². The molecule has 0 atom stereocenters. The van der Waals surface area contributed by atoms with Gasteiger partial charge < -0.3 is 0 Å². The van der Waals surface area contributed by atoms with E-state index < -0.39 is 0 Å². The smallest absolute Gasteiger partial charge is 0.187 e. The van der Waals surface area contributed by atoms with Crippen molar-refractivity contribution in [2.45, 2.75) is 6.92 Å². The number of quaternary nitrogens is 1. The molecule has 0 saturated carbocycles. The van der Waals surface area contributed by atoms with Crippen molar-refractivity contribution in [1.82, 2.24) is 4.48 Å². The fourth-order valence-corrected chi connectivity index (χ4v) is 1.66. The summed E-state index contributed by atoms with van der Waals surface area (Å²) in [4.78, 5) is 1.39. The van der Waals surface area contributed by atoms with Gasteiger partial charge in [-0.3, -0.25) is 4.48 Å². The molecule has 56 valence electrons. The predicted octanol–water partition coefficient (Wildman–Crippen LogP) is 2.25. The fraction of sp³-hybridized carbons (Fsp3) is 0.500. The molecule has 0 radical (unpaired) electrons. The summed E-state index contributed by atoms with van der Waals surface area (Å²) in [6.45, 7) is 2.14. The van der Waals surface area contributed by atoms with Crippen molar-refractivity contribution in [2.75, 3.05) is 21.1 Å².